The van der Waals surface area contributed by atoms with Crippen LogP contribution in [-0.2, 0) is 0 Å². The van der Waals surface area contributed by atoms with Crippen molar-refractivity contribution in [1.82, 2.24) is 4.98 Å². The molecule has 5 nitrogen and oxygen atoms in total. The van der Waals surface area contributed by atoms with E-state index in [-0.39, 0.29) is 5.56 Å². The van der Waals surface area contributed by atoms with Crippen LogP contribution in [0.4, 0.5) is 5.82 Å². The molecule has 0 atom stereocenters. The Balaban J connectivity index is 2.94. The van der Waals surface area contributed by atoms with Gasteiger partial charge in [-0.15, -0.1) is 0 Å². The Morgan fingerprint density at radius 3 is 2.47 bits per heavy atom. The maximum Gasteiger partial charge on any atom is 0.337 e. The van der Waals surface area contributed by atoms with Gasteiger partial charge in [-0.05, 0) is 32.9 Å². The topological polar surface area (TPSA) is 73.7 Å². The second kappa shape index (κ2) is 4.71. The molecule has 2 N–H and O–H groups in total. The van der Waals surface area contributed by atoms with E-state index >= 15 is 0 Å². The third kappa shape index (κ3) is 3.71. The molecule has 1 aromatic rings. The Labute approximate surface area is 101 Å². The lowest BCUT2D eigenvalue weighted by atomic mass is 10.1. The van der Waals surface area contributed by atoms with Crippen LogP contribution < -0.4 is 4.90 Å². The van der Waals surface area contributed by atoms with Crippen molar-refractivity contribution in [3.63, 3.8) is 0 Å². The normalized spacial score (nSPS) is 11.4. The zero-order valence-corrected chi connectivity index (χ0v) is 10.6. The fraction of sp³-hybridized carbons (Fsp3) is 0.500. The van der Waals surface area contributed by atoms with Crippen molar-refractivity contribution in [2.24, 2.45) is 0 Å². The van der Waals surface area contributed by atoms with E-state index in [4.69, 9.17) is 5.11 Å². The molecule has 0 saturated carbocycles. The molecule has 5 heteroatoms. The van der Waals surface area contributed by atoms with Gasteiger partial charge < -0.3 is 15.1 Å². The molecule has 0 unspecified atom stereocenters. The highest BCUT2D eigenvalue weighted by atomic mass is 16.4. The Hall–Kier alpha value is -1.62. The third-order valence-corrected chi connectivity index (χ3v) is 2.32. The molecule has 0 aliphatic heterocycles. The number of hydrogen-bond donors (Lipinski definition) is 2. The highest BCUT2D eigenvalue weighted by Crippen LogP contribution is 2.16. The molecule has 17 heavy (non-hydrogen) atoms. The summed E-state index contributed by atoms with van der Waals surface area (Å²) < 4.78 is 0. The maximum atomic E-state index is 10.8. The summed E-state index contributed by atoms with van der Waals surface area (Å²) in [6.07, 6.45) is 0. The fourth-order valence-electron chi connectivity index (χ4n) is 1.65. The van der Waals surface area contributed by atoms with Crippen LogP contribution >= 0.6 is 0 Å². The highest BCUT2D eigenvalue weighted by molar-refractivity contribution is 5.89. The number of likely N-dealkylation sites (N-methyl/N-ethyl adjacent to an activating group) is 1. The third-order valence-electron chi connectivity index (χ3n) is 2.32. The molecule has 0 aromatic carbocycles. The number of aromatic carboxylic acids is 1. The van der Waals surface area contributed by atoms with E-state index in [1.807, 2.05) is 0 Å². The molecular weight excluding hydrogens is 220 g/mol. The van der Waals surface area contributed by atoms with Crippen LogP contribution in [-0.4, -0.2) is 40.4 Å². The Morgan fingerprint density at radius 1 is 1.47 bits per heavy atom. The molecule has 0 bridgehead atoms. The first-order valence-electron chi connectivity index (χ1n) is 5.35. The van der Waals surface area contributed by atoms with Crippen LogP contribution in [0.1, 0.15) is 29.9 Å². The van der Waals surface area contributed by atoms with Crippen molar-refractivity contribution < 1.29 is 15.0 Å². The van der Waals surface area contributed by atoms with Gasteiger partial charge in [-0.3, -0.25) is 0 Å². The summed E-state index contributed by atoms with van der Waals surface area (Å²) in [7, 11) is 1.81. The average molecular weight is 238 g/mol. The number of carboxylic acid groups (broad SMARTS) is 1. The number of carbonyl (C=O) groups is 1. The lowest BCUT2D eigenvalue weighted by Crippen LogP contribution is -2.36. The van der Waals surface area contributed by atoms with Crippen molar-refractivity contribution in [2.75, 3.05) is 18.5 Å². The zero-order chi connectivity index (χ0) is 13.2. The van der Waals surface area contributed by atoms with Gasteiger partial charge in [-0.25, -0.2) is 9.78 Å². The Morgan fingerprint density at radius 2 is 2.06 bits per heavy atom. The Kier molecular flexibility index (Phi) is 3.72. The number of pyridine rings is 1. The van der Waals surface area contributed by atoms with Gasteiger partial charge in [0.25, 0.3) is 0 Å². The molecular formula is C12H18N2O3. The van der Waals surface area contributed by atoms with Crippen LogP contribution in [0.25, 0.3) is 0 Å². The van der Waals surface area contributed by atoms with E-state index in [9.17, 15) is 9.90 Å². The molecule has 0 saturated heterocycles. The molecule has 1 rings (SSSR count). The van der Waals surface area contributed by atoms with Gasteiger partial charge in [0, 0.05) is 13.6 Å². The van der Waals surface area contributed by atoms with Crippen LogP contribution in [0.3, 0.4) is 0 Å². The molecule has 0 spiro atoms. The monoisotopic (exact) mass is 238 g/mol. The van der Waals surface area contributed by atoms with E-state index in [1.54, 1.807) is 38.8 Å². The predicted octanol–water partition coefficient (Wildman–Crippen LogP) is 1.30. The lowest BCUT2D eigenvalue weighted by Gasteiger charge is -2.26. The number of nitrogens with zero attached hydrogens (tertiary/aromatic N) is 2. The maximum absolute atomic E-state index is 10.8. The van der Waals surface area contributed by atoms with E-state index in [0.717, 1.165) is 0 Å². The van der Waals surface area contributed by atoms with Crippen LogP contribution in [0.2, 0.25) is 0 Å². The smallest absolute Gasteiger partial charge is 0.337 e. The first kappa shape index (κ1) is 13.4. The van der Waals surface area contributed by atoms with Gasteiger partial charge in [0.2, 0.25) is 0 Å². The lowest BCUT2D eigenvalue weighted by molar-refractivity contribution is 0.0695. The number of aliphatic hydroxyl groups is 1. The molecule has 94 valence electrons. The van der Waals surface area contributed by atoms with Crippen LogP contribution in [0.5, 0.6) is 0 Å². The predicted molar refractivity (Wildman–Crippen MR) is 65.5 cm³/mol. The standard InChI is InChI=1S/C12H18N2O3/c1-8-9(11(15)16)5-6-10(13-8)14(4)7-12(2,3)17/h5-6,17H,7H2,1-4H3,(H,15,16). The summed E-state index contributed by atoms with van der Waals surface area (Å²) >= 11 is 0. The summed E-state index contributed by atoms with van der Waals surface area (Å²) in [5.41, 5.74) is -0.154. The quantitative estimate of drug-likeness (QED) is 0.827. The first-order valence-corrected chi connectivity index (χ1v) is 5.35. The van der Waals surface area contributed by atoms with Gasteiger partial charge in [0.15, 0.2) is 0 Å². The second-order valence-corrected chi connectivity index (χ2v) is 4.78. The van der Waals surface area contributed by atoms with E-state index < -0.39 is 11.6 Å². The summed E-state index contributed by atoms with van der Waals surface area (Å²) in [6, 6.07) is 3.17. The SMILES string of the molecule is Cc1nc(N(C)CC(C)(C)O)ccc1C(=O)O. The van der Waals surface area contributed by atoms with Gasteiger partial charge in [0.1, 0.15) is 5.82 Å². The summed E-state index contributed by atoms with van der Waals surface area (Å²) in [5.74, 6) is -0.332. The van der Waals surface area contributed by atoms with Crippen LogP contribution in [0.15, 0.2) is 12.1 Å². The van der Waals surface area contributed by atoms with Crippen molar-refractivity contribution >= 4 is 11.8 Å². The number of hydrogen-bond acceptors (Lipinski definition) is 4. The molecule has 0 radical (unpaired) electrons. The van der Waals surface area contributed by atoms with Crippen molar-refractivity contribution in [2.45, 2.75) is 26.4 Å². The number of aromatic nitrogens is 1. The van der Waals surface area contributed by atoms with Gasteiger partial charge in [0.05, 0.1) is 16.9 Å². The number of rotatable bonds is 4. The molecule has 0 amide bonds. The molecule has 0 aliphatic rings. The Bertz CT molecular complexity index is 424. The number of carboxylic acids is 1. The molecule has 0 fully saturated rings. The number of aryl methyl sites for hydroxylation is 1. The van der Waals surface area contributed by atoms with Gasteiger partial charge in [-0.1, -0.05) is 0 Å². The minimum absolute atomic E-state index is 0.199. The van der Waals surface area contributed by atoms with E-state index in [2.05, 4.69) is 4.98 Å². The minimum Gasteiger partial charge on any atom is -0.478 e. The van der Waals surface area contributed by atoms with Crippen molar-refractivity contribution in [3.8, 4) is 0 Å². The molecule has 0 aliphatic carbocycles. The minimum atomic E-state index is -0.980. The molecule has 1 aromatic heterocycles. The summed E-state index contributed by atoms with van der Waals surface area (Å²) in [5, 5.41) is 18.6. The second-order valence-electron chi connectivity index (χ2n) is 4.78. The highest BCUT2D eigenvalue weighted by Gasteiger charge is 2.17. The number of anilines is 1. The van der Waals surface area contributed by atoms with Crippen LogP contribution in [0, 0.1) is 6.92 Å². The summed E-state index contributed by atoms with van der Waals surface area (Å²) in [4.78, 5) is 16.8. The average Bonchev–Trinajstić information content (AvgIpc) is 2.14. The zero-order valence-electron chi connectivity index (χ0n) is 10.6. The first-order chi connectivity index (χ1) is 7.70. The molecule has 1 heterocycles. The fourth-order valence-corrected chi connectivity index (χ4v) is 1.65. The van der Waals surface area contributed by atoms with Crippen molar-refractivity contribution in [1.29, 1.82) is 0 Å². The van der Waals surface area contributed by atoms with E-state index in [0.29, 0.717) is 18.1 Å². The van der Waals surface area contributed by atoms with E-state index in [1.165, 1.54) is 6.07 Å². The summed E-state index contributed by atoms with van der Waals surface area (Å²) in [6.45, 7) is 5.50. The van der Waals surface area contributed by atoms with Gasteiger partial charge in [-0.2, -0.15) is 0 Å². The van der Waals surface area contributed by atoms with Crippen molar-refractivity contribution in [3.05, 3.63) is 23.4 Å². The van der Waals surface area contributed by atoms with Gasteiger partial charge >= 0.3 is 5.97 Å². The largest absolute Gasteiger partial charge is 0.478 e.